The summed E-state index contributed by atoms with van der Waals surface area (Å²) in [5.41, 5.74) is 11.3. The molecule has 0 spiro atoms. The van der Waals surface area contributed by atoms with E-state index in [-0.39, 0.29) is 17.5 Å². The third-order valence-corrected chi connectivity index (χ3v) is 7.98. The van der Waals surface area contributed by atoms with Gasteiger partial charge in [-0.1, -0.05) is 36.4 Å². The van der Waals surface area contributed by atoms with Crippen LogP contribution in [-0.4, -0.2) is 19.9 Å². The molecule has 44 heavy (non-hydrogen) atoms. The maximum atomic E-state index is 14.0. The van der Waals surface area contributed by atoms with Crippen molar-refractivity contribution in [3.8, 4) is 33.4 Å². The van der Waals surface area contributed by atoms with Gasteiger partial charge in [-0.25, -0.2) is 18.2 Å². The molecule has 0 fully saturated rings. The van der Waals surface area contributed by atoms with Crippen LogP contribution < -0.4 is 0 Å². The SMILES string of the molecule is Fc1ccc(-c2c3nc(c4ccc([nH]4)c(-c4ccc(F)cc4)c4ccc([nH]4)c(-c4ccc(F)cc4)c4ccc2[nH]4)C=C3)cc1. The van der Waals surface area contributed by atoms with E-state index in [9.17, 15) is 13.2 Å². The Morgan fingerprint density at radius 1 is 0.341 bits per heavy atom. The minimum absolute atomic E-state index is 0.318. The lowest BCUT2D eigenvalue weighted by molar-refractivity contribution is 0.627. The number of aromatic amines is 3. The van der Waals surface area contributed by atoms with Gasteiger partial charge in [0.15, 0.2) is 0 Å². The summed E-state index contributed by atoms with van der Waals surface area (Å²) >= 11 is 0. The molecule has 0 saturated carbocycles. The minimum Gasteiger partial charge on any atom is -0.354 e. The smallest absolute Gasteiger partial charge is 0.123 e. The second-order valence-corrected chi connectivity index (χ2v) is 10.7. The van der Waals surface area contributed by atoms with Crippen LogP contribution in [0.3, 0.4) is 0 Å². The van der Waals surface area contributed by atoms with Crippen LogP contribution in [-0.2, 0) is 0 Å². The highest BCUT2D eigenvalue weighted by Gasteiger charge is 2.15. The predicted octanol–water partition coefficient (Wildman–Crippen LogP) is 10.1. The molecule has 0 saturated heterocycles. The summed E-state index contributed by atoms with van der Waals surface area (Å²) in [5.74, 6) is -0.969. The van der Waals surface area contributed by atoms with E-state index in [1.165, 1.54) is 36.4 Å². The Morgan fingerprint density at radius 2 is 0.659 bits per heavy atom. The second kappa shape index (κ2) is 10.2. The fourth-order valence-corrected chi connectivity index (χ4v) is 5.92. The average molecular weight is 581 g/mol. The number of aromatic nitrogens is 4. The summed E-state index contributed by atoms with van der Waals surface area (Å²) in [4.78, 5) is 15.7. The standard InChI is InChI=1S/C37H23F3N4/c38-24-7-1-21(2-8-24)35-29-15-13-27(41-29)28-14-16-30(42-28)36(22-3-9-25(39)10-4-22)32-18-20-34(44-32)37(33-19-17-31(35)43-33)23-5-11-26(40)12-6-23/h1-20,41,43-44H. The molecular weight excluding hydrogens is 557 g/mol. The van der Waals surface area contributed by atoms with Gasteiger partial charge in [-0.15, -0.1) is 0 Å². The Balaban J connectivity index is 1.55. The van der Waals surface area contributed by atoms with Crippen molar-refractivity contribution in [1.29, 1.82) is 0 Å². The molecule has 7 aromatic rings. The van der Waals surface area contributed by atoms with Gasteiger partial charge in [0.1, 0.15) is 17.5 Å². The lowest BCUT2D eigenvalue weighted by Gasteiger charge is -2.05. The van der Waals surface area contributed by atoms with Crippen molar-refractivity contribution < 1.29 is 13.2 Å². The minimum atomic E-state index is -0.328. The molecule has 8 rings (SSSR count). The summed E-state index contributed by atoms with van der Waals surface area (Å²) in [6.07, 6.45) is 3.90. The Morgan fingerprint density at radius 3 is 1.09 bits per heavy atom. The second-order valence-electron chi connectivity index (χ2n) is 10.7. The normalized spacial score (nSPS) is 11.9. The molecule has 0 amide bonds. The molecule has 4 aromatic heterocycles. The summed E-state index contributed by atoms with van der Waals surface area (Å²) in [5, 5.41) is 0. The van der Waals surface area contributed by atoms with Gasteiger partial charge in [-0.05, 0) is 102 Å². The Bertz CT molecular complexity index is 2340. The zero-order chi connectivity index (χ0) is 29.8. The van der Waals surface area contributed by atoms with E-state index < -0.39 is 0 Å². The van der Waals surface area contributed by atoms with E-state index in [1.807, 2.05) is 48.6 Å². The first-order valence-electron chi connectivity index (χ1n) is 14.1. The number of rotatable bonds is 3. The Kier molecular flexibility index (Phi) is 5.98. The van der Waals surface area contributed by atoms with Crippen LogP contribution in [0.2, 0.25) is 0 Å². The first kappa shape index (κ1) is 25.9. The molecule has 0 radical (unpaired) electrons. The third kappa shape index (κ3) is 4.46. The molecule has 1 aliphatic rings. The highest BCUT2D eigenvalue weighted by molar-refractivity contribution is 6.00. The van der Waals surface area contributed by atoms with Crippen molar-refractivity contribution in [3.05, 3.63) is 138 Å². The van der Waals surface area contributed by atoms with Gasteiger partial charge in [-0.3, -0.25) is 0 Å². The van der Waals surface area contributed by atoms with Crippen molar-refractivity contribution in [2.75, 3.05) is 0 Å². The van der Waals surface area contributed by atoms with Crippen LogP contribution in [0.1, 0.15) is 11.4 Å². The quantitative estimate of drug-likeness (QED) is 0.191. The van der Waals surface area contributed by atoms with Crippen LogP contribution in [0.4, 0.5) is 13.2 Å². The molecule has 0 atom stereocenters. The fourth-order valence-electron chi connectivity index (χ4n) is 5.92. The van der Waals surface area contributed by atoms with Crippen molar-refractivity contribution in [3.63, 3.8) is 0 Å². The zero-order valence-electron chi connectivity index (χ0n) is 23.1. The molecule has 1 aliphatic heterocycles. The van der Waals surface area contributed by atoms with E-state index in [1.54, 1.807) is 36.4 Å². The van der Waals surface area contributed by atoms with Gasteiger partial charge in [0.2, 0.25) is 0 Å². The molecule has 5 heterocycles. The molecule has 4 nitrogen and oxygen atoms in total. The van der Waals surface area contributed by atoms with Gasteiger partial charge < -0.3 is 15.0 Å². The average Bonchev–Trinajstić information content (AvgIpc) is 3.85. The van der Waals surface area contributed by atoms with E-state index in [0.29, 0.717) is 0 Å². The van der Waals surface area contributed by atoms with Crippen LogP contribution >= 0.6 is 0 Å². The van der Waals surface area contributed by atoms with Crippen LogP contribution in [0.5, 0.6) is 0 Å². The maximum absolute atomic E-state index is 14.0. The summed E-state index contributed by atoms with van der Waals surface area (Å²) < 4.78 is 41.9. The lowest BCUT2D eigenvalue weighted by atomic mass is 10.0. The molecule has 3 aromatic carbocycles. The van der Waals surface area contributed by atoms with E-state index in [2.05, 4.69) is 15.0 Å². The van der Waals surface area contributed by atoms with E-state index in [0.717, 1.165) is 77.9 Å². The number of nitrogens with one attached hydrogen (secondary N) is 3. The van der Waals surface area contributed by atoms with Gasteiger partial charge in [-0.2, -0.15) is 0 Å². The molecule has 0 aliphatic carbocycles. The molecule has 8 bridgehead atoms. The molecule has 3 N–H and O–H groups in total. The summed E-state index contributed by atoms with van der Waals surface area (Å²) in [6, 6.07) is 31.0. The largest absolute Gasteiger partial charge is 0.354 e. The molecule has 0 unspecified atom stereocenters. The number of hydrogen-bond donors (Lipinski definition) is 3. The summed E-state index contributed by atoms with van der Waals surface area (Å²) in [6.45, 7) is 0. The number of nitrogens with zero attached hydrogens (tertiary/aromatic N) is 1. The topological polar surface area (TPSA) is 60.3 Å². The number of benzene rings is 3. The van der Waals surface area contributed by atoms with Gasteiger partial charge in [0.25, 0.3) is 0 Å². The van der Waals surface area contributed by atoms with Crippen molar-refractivity contribution in [2.24, 2.45) is 0 Å². The van der Waals surface area contributed by atoms with E-state index in [4.69, 9.17) is 4.98 Å². The third-order valence-electron chi connectivity index (χ3n) is 7.98. The predicted molar refractivity (Wildman–Crippen MR) is 171 cm³/mol. The Labute approximate surface area is 249 Å². The number of halogens is 3. The van der Waals surface area contributed by atoms with Crippen molar-refractivity contribution in [1.82, 2.24) is 19.9 Å². The first-order valence-corrected chi connectivity index (χ1v) is 14.1. The Hall–Kier alpha value is -5.82. The van der Waals surface area contributed by atoms with E-state index >= 15 is 0 Å². The number of hydrogen-bond acceptors (Lipinski definition) is 1. The van der Waals surface area contributed by atoms with Gasteiger partial charge >= 0.3 is 0 Å². The van der Waals surface area contributed by atoms with Gasteiger partial charge in [0.05, 0.1) is 16.9 Å². The zero-order valence-corrected chi connectivity index (χ0v) is 23.1. The summed E-state index contributed by atoms with van der Waals surface area (Å²) in [7, 11) is 0. The monoisotopic (exact) mass is 580 g/mol. The number of H-pyrrole nitrogens is 3. The molecule has 212 valence electrons. The highest BCUT2D eigenvalue weighted by Crippen LogP contribution is 2.36. The first-order chi connectivity index (χ1) is 21.5. The van der Waals surface area contributed by atoms with Gasteiger partial charge in [0, 0.05) is 44.3 Å². The maximum Gasteiger partial charge on any atom is 0.123 e. The van der Waals surface area contributed by atoms with Crippen LogP contribution in [0.25, 0.3) is 78.6 Å². The van der Waals surface area contributed by atoms with Crippen molar-refractivity contribution in [2.45, 2.75) is 0 Å². The van der Waals surface area contributed by atoms with Crippen LogP contribution in [0, 0.1) is 17.5 Å². The molecule has 7 heteroatoms. The fraction of sp³-hybridized carbons (Fsp3) is 0. The lowest BCUT2D eigenvalue weighted by Crippen LogP contribution is -1.86. The molecular formula is C37H23F3N4. The number of fused-ring (bicyclic) bond motifs is 9. The van der Waals surface area contributed by atoms with Crippen LogP contribution in [0.15, 0.2) is 109 Å². The highest BCUT2D eigenvalue weighted by atomic mass is 19.1. The van der Waals surface area contributed by atoms with Crippen molar-refractivity contribution >= 4 is 45.3 Å².